The lowest BCUT2D eigenvalue weighted by Gasteiger charge is -2.32. The van der Waals surface area contributed by atoms with Crippen LogP contribution in [0.4, 0.5) is 21.6 Å². The van der Waals surface area contributed by atoms with E-state index in [4.69, 9.17) is 0 Å². The molecule has 2 aliphatic rings. The van der Waals surface area contributed by atoms with Crippen LogP contribution in [0.15, 0.2) is 35.4 Å². The molecule has 1 saturated carbocycles. The number of hydrogen-bond donors (Lipinski definition) is 3. The van der Waals surface area contributed by atoms with E-state index in [0.29, 0.717) is 55.2 Å². The van der Waals surface area contributed by atoms with Gasteiger partial charge in [-0.25, -0.2) is 13.9 Å². The Bertz CT molecular complexity index is 1340. The smallest absolute Gasteiger partial charge is 0.274 e. The summed E-state index contributed by atoms with van der Waals surface area (Å²) in [5.74, 6) is -0.0829. The van der Waals surface area contributed by atoms with Crippen LogP contribution in [0.2, 0.25) is 0 Å². The maximum absolute atomic E-state index is 13.3. The molecule has 0 spiro atoms. The second-order valence-corrected chi connectivity index (χ2v) is 8.90. The van der Waals surface area contributed by atoms with Gasteiger partial charge in [0.25, 0.3) is 11.5 Å². The lowest BCUT2D eigenvalue weighted by atomic mass is 10.0. The number of rotatable bonds is 6. The molecule has 0 aromatic carbocycles. The molecule has 4 heterocycles. The van der Waals surface area contributed by atoms with Gasteiger partial charge in [0.2, 0.25) is 5.91 Å². The van der Waals surface area contributed by atoms with E-state index in [-0.39, 0.29) is 23.2 Å². The van der Waals surface area contributed by atoms with Gasteiger partial charge in [-0.2, -0.15) is 0 Å². The van der Waals surface area contributed by atoms with Crippen molar-refractivity contribution in [1.82, 2.24) is 29.4 Å². The Morgan fingerprint density at radius 3 is 2.60 bits per heavy atom. The number of anilines is 3. The molecule has 35 heavy (non-hydrogen) atoms. The number of piperidine rings is 1. The first kappa shape index (κ1) is 22.8. The quantitative estimate of drug-likeness (QED) is 0.488. The van der Waals surface area contributed by atoms with Crippen LogP contribution in [0.1, 0.15) is 42.7 Å². The molecule has 2 fully saturated rings. The summed E-state index contributed by atoms with van der Waals surface area (Å²) in [6, 6.07) is 4.67. The highest BCUT2D eigenvalue weighted by atomic mass is 19.1. The van der Waals surface area contributed by atoms with E-state index in [1.54, 1.807) is 47.8 Å². The lowest BCUT2D eigenvalue weighted by Crippen LogP contribution is -2.39. The number of carbonyl (C=O) groups is 2. The Kier molecular flexibility index (Phi) is 5.87. The van der Waals surface area contributed by atoms with Gasteiger partial charge >= 0.3 is 0 Å². The third-order valence-corrected chi connectivity index (χ3v) is 6.54. The normalized spacial score (nSPS) is 20.0. The number of imidazole rings is 1. The average Bonchev–Trinajstić information content (AvgIpc) is 3.36. The first-order valence-corrected chi connectivity index (χ1v) is 11.6. The molecule has 0 radical (unpaired) electrons. The number of fused-ring (bicyclic) bond motifs is 1. The summed E-state index contributed by atoms with van der Waals surface area (Å²) < 4.78 is 16.3. The van der Waals surface area contributed by atoms with Gasteiger partial charge in [-0.15, -0.1) is 5.10 Å². The van der Waals surface area contributed by atoms with E-state index in [1.807, 2.05) is 0 Å². The fraction of sp³-hybridized carbons (Fsp3) is 0.435. The van der Waals surface area contributed by atoms with Crippen molar-refractivity contribution in [2.45, 2.75) is 44.4 Å². The number of aromatic nitrogens is 4. The second-order valence-electron chi connectivity index (χ2n) is 8.90. The summed E-state index contributed by atoms with van der Waals surface area (Å²) in [5, 5.41) is 13.2. The Balaban J connectivity index is 1.42. The van der Waals surface area contributed by atoms with Crippen molar-refractivity contribution in [3.63, 3.8) is 0 Å². The van der Waals surface area contributed by atoms with E-state index in [0.717, 1.165) is 0 Å². The molecule has 2 amide bonds. The molecule has 5 rings (SSSR count). The number of halogens is 1. The highest BCUT2D eigenvalue weighted by Gasteiger charge is 2.39. The third kappa shape index (κ3) is 4.43. The number of alkyl halides is 1. The highest BCUT2D eigenvalue weighted by Crippen LogP contribution is 2.26. The van der Waals surface area contributed by atoms with Gasteiger partial charge in [0.05, 0.1) is 17.9 Å². The van der Waals surface area contributed by atoms with Crippen LogP contribution in [-0.4, -0.2) is 68.2 Å². The number of carbonyl (C=O) groups excluding carboxylic acids is 2. The minimum absolute atomic E-state index is 0.00568. The lowest BCUT2D eigenvalue weighted by molar-refractivity contribution is -0.130. The summed E-state index contributed by atoms with van der Waals surface area (Å²) in [7, 11) is 1.72. The van der Waals surface area contributed by atoms with E-state index in [2.05, 4.69) is 26.0 Å². The zero-order valence-corrected chi connectivity index (χ0v) is 19.5. The molecule has 1 aliphatic heterocycles. The first-order valence-electron chi connectivity index (χ1n) is 11.6. The molecule has 3 N–H and O–H groups in total. The summed E-state index contributed by atoms with van der Waals surface area (Å²) in [5.41, 5.74) is 1.33. The van der Waals surface area contributed by atoms with Crippen LogP contribution in [-0.2, 0) is 4.79 Å². The van der Waals surface area contributed by atoms with Crippen molar-refractivity contribution in [3.8, 4) is 0 Å². The standard InChI is InChI=1S/C23H27FN8O3/c1-13(33)30-8-5-14(6-9-30)31-7-3-4-16(23(31)35)27-20-11-18(25-2)21-26-12-19(32(21)29-20)22(34)28-17-10-15(17)24/h3-4,7,11-12,14-15,17,25H,5-6,8-10H2,1-2H3,(H,27,29)(H,28,34). The Hall–Kier alpha value is -3.96. The van der Waals surface area contributed by atoms with Crippen LogP contribution in [0.3, 0.4) is 0 Å². The molecule has 2 unspecified atom stereocenters. The summed E-state index contributed by atoms with van der Waals surface area (Å²) >= 11 is 0. The van der Waals surface area contributed by atoms with Gasteiger partial charge in [-0.05, 0) is 25.0 Å². The molecule has 184 valence electrons. The van der Waals surface area contributed by atoms with Crippen LogP contribution in [0.5, 0.6) is 0 Å². The molecule has 2 atom stereocenters. The summed E-state index contributed by atoms with van der Waals surface area (Å²) in [6.45, 7) is 2.78. The fourth-order valence-electron chi connectivity index (χ4n) is 4.41. The van der Waals surface area contributed by atoms with Crippen LogP contribution in [0.25, 0.3) is 5.65 Å². The van der Waals surface area contributed by atoms with E-state index in [9.17, 15) is 18.8 Å². The molecule has 3 aromatic heterocycles. The molecule has 12 heteroatoms. The van der Waals surface area contributed by atoms with Crippen molar-refractivity contribution >= 4 is 34.7 Å². The van der Waals surface area contributed by atoms with E-state index < -0.39 is 18.1 Å². The van der Waals surface area contributed by atoms with Crippen LogP contribution in [0, 0.1) is 0 Å². The van der Waals surface area contributed by atoms with Gasteiger partial charge in [0.15, 0.2) is 17.2 Å². The number of hydrogen-bond acceptors (Lipinski definition) is 7. The van der Waals surface area contributed by atoms with Crippen LogP contribution >= 0.6 is 0 Å². The fourth-order valence-corrected chi connectivity index (χ4v) is 4.41. The minimum Gasteiger partial charge on any atom is -0.385 e. The SMILES string of the molecule is CNc1cc(Nc2cccn(C3CCN(C(C)=O)CC3)c2=O)nn2c(C(=O)NC3CC3F)cnc12. The summed E-state index contributed by atoms with van der Waals surface area (Å²) in [4.78, 5) is 43.6. The average molecular weight is 483 g/mol. The van der Waals surface area contributed by atoms with Gasteiger partial charge in [-0.3, -0.25) is 14.4 Å². The minimum atomic E-state index is -1.02. The highest BCUT2D eigenvalue weighted by molar-refractivity contribution is 5.94. The number of amides is 2. The topological polar surface area (TPSA) is 126 Å². The maximum atomic E-state index is 13.3. The molecule has 3 aromatic rings. The van der Waals surface area contributed by atoms with Crippen molar-refractivity contribution in [3.05, 3.63) is 46.6 Å². The Labute approximate surface area is 200 Å². The third-order valence-electron chi connectivity index (χ3n) is 6.54. The van der Waals surface area contributed by atoms with Crippen molar-refractivity contribution in [1.29, 1.82) is 0 Å². The summed E-state index contributed by atoms with van der Waals surface area (Å²) in [6.07, 6.45) is 3.83. The van der Waals surface area contributed by atoms with Gasteiger partial charge in [0.1, 0.15) is 11.9 Å². The monoisotopic (exact) mass is 482 g/mol. The molecule has 1 saturated heterocycles. The van der Waals surface area contributed by atoms with Gasteiger partial charge < -0.3 is 25.4 Å². The van der Waals surface area contributed by atoms with Crippen molar-refractivity contribution in [2.24, 2.45) is 0 Å². The number of likely N-dealkylation sites (tertiary alicyclic amines) is 1. The molecule has 11 nitrogen and oxygen atoms in total. The second kappa shape index (κ2) is 9.01. The molecule has 0 bridgehead atoms. The maximum Gasteiger partial charge on any atom is 0.274 e. The zero-order chi connectivity index (χ0) is 24.7. The Morgan fingerprint density at radius 2 is 1.94 bits per heavy atom. The van der Waals surface area contributed by atoms with E-state index >= 15 is 0 Å². The number of nitrogens with one attached hydrogen (secondary N) is 3. The van der Waals surface area contributed by atoms with Crippen molar-refractivity contribution in [2.75, 3.05) is 30.8 Å². The largest absolute Gasteiger partial charge is 0.385 e. The van der Waals surface area contributed by atoms with Crippen molar-refractivity contribution < 1.29 is 14.0 Å². The number of pyridine rings is 1. The van der Waals surface area contributed by atoms with E-state index in [1.165, 1.54) is 10.7 Å². The predicted molar refractivity (Wildman–Crippen MR) is 128 cm³/mol. The molecular formula is C23H27FN8O3. The first-order chi connectivity index (χ1) is 16.9. The predicted octanol–water partition coefficient (Wildman–Crippen LogP) is 1.70. The van der Waals surface area contributed by atoms with Gasteiger partial charge in [-0.1, -0.05) is 0 Å². The van der Waals surface area contributed by atoms with Crippen LogP contribution < -0.4 is 21.5 Å². The Morgan fingerprint density at radius 1 is 1.20 bits per heavy atom. The number of nitrogens with zero attached hydrogens (tertiary/aromatic N) is 5. The zero-order valence-electron chi connectivity index (χ0n) is 19.5. The molecule has 1 aliphatic carbocycles. The van der Waals surface area contributed by atoms with Gasteiger partial charge in [0, 0.05) is 51.8 Å². The molecular weight excluding hydrogens is 455 g/mol.